The van der Waals surface area contributed by atoms with Gasteiger partial charge in [-0.1, -0.05) is 48.5 Å². The summed E-state index contributed by atoms with van der Waals surface area (Å²) in [5, 5.41) is 9.12. The standard InChI is InChI=1S/C20H15N3O2S/c24-19(14-10-11-26-12-14)23-18-20(25)21-16-9-5-4-8-15(16)17(22-18)13-6-2-1-3-7-13/h1-12,18H,(H,21,25)(H,23,24). The number of aliphatic imine (C=N–C) groups is 1. The molecule has 6 heteroatoms. The number of nitrogens with one attached hydrogen (secondary N) is 2. The molecule has 3 aromatic rings. The first-order valence-corrected chi connectivity index (χ1v) is 9.03. The van der Waals surface area contributed by atoms with Gasteiger partial charge in [0, 0.05) is 16.5 Å². The molecule has 2 N–H and O–H groups in total. The van der Waals surface area contributed by atoms with Gasteiger partial charge in [-0.2, -0.15) is 11.3 Å². The predicted molar refractivity (Wildman–Crippen MR) is 103 cm³/mol. The third-order valence-corrected chi connectivity index (χ3v) is 4.73. The third kappa shape index (κ3) is 3.14. The quantitative estimate of drug-likeness (QED) is 0.751. The number of carbonyl (C=O) groups is 2. The van der Waals surface area contributed by atoms with E-state index in [1.165, 1.54) is 11.3 Å². The van der Waals surface area contributed by atoms with Crippen molar-refractivity contribution in [2.24, 2.45) is 4.99 Å². The molecule has 4 rings (SSSR count). The summed E-state index contributed by atoms with van der Waals surface area (Å²) in [6.45, 7) is 0. The van der Waals surface area contributed by atoms with Crippen molar-refractivity contribution in [2.75, 3.05) is 5.32 Å². The Morgan fingerprint density at radius 3 is 2.58 bits per heavy atom. The van der Waals surface area contributed by atoms with E-state index in [9.17, 15) is 9.59 Å². The van der Waals surface area contributed by atoms with E-state index in [1.54, 1.807) is 11.4 Å². The van der Waals surface area contributed by atoms with E-state index in [0.717, 1.165) is 11.1 Å². The number of benzodiazepines with no additional fused rings is 1. The van der Waals surface area contributed by atoms with Crippen molar-refractivity contribution < 1.29 is 9.59 Å². The first-order chi connectivity index (χ1) is 12.7. The molecule has 0 saturated heterocycles. The third-order valence-electron chi connectivity index (χ3n) is 4.05. The summed E-state index contributed by atoms with van der Waals surface area (Å²) >= 11 is 1.42. The summed E-state index contributed by atoms with van der Waals surface area (Å²) in [7, 11) is 0. The van der Waals surface area contributed by atoms with Crippen LogP contribution >= 0.6 is 11.3 Å². The van der Waals surface area contributed by atoms with Gasteiger partial charge in [-0.3, -0.25) is 9.59 Å². The van der Waals surface area contributed by atoms with Gasteiger partial charge in [0.1, 0.15) is 0 Å². The fourth-order valence-electron chi connectivity index (χ4n) is 2.78. The lowest BCUT2D eigenvalue weighted by molar-refractivity contribution is -0.117. The second-order valence-electron chi connectivity index (χ2n) is 5.77. The zero-order valence-electron chi connectivity index (χ0n) is 13.7. The molecule has 0 saturated carbocycles. The largest absolute Gasteiger partial charge is 0.322 e. The highest BCUT2D eigenvalue weighted by atomic mass is 32.1. The van der Waals surface area contributed by atoms with Gasteiger partial charge in [-0.05, 0) is 17.5 Å². The number of hydrogen-bond donors (Lipinski definition) is 2. The van der Waals surface area contributed by atoms with Crippen LogP contribution in [0.5, 0.6) is 0 Å². The van der Waals surface area contributed by atoms with Gasteiger partial charge in [-0.15, -0.1) is 0 Å². The van der Waals surface area contributed by atoms with Gasteiger partial charge in [0.25, 0.3) is 11.8 Å². The van der Waals surface area contributed by atoms with Crippen LogP contribution in [0.25, 0.3) is 0 Å². The number of carbonyl (C=O) groups excluding carboxylic acids is 2. The van der Waals surface area contributed by atoms with Crippen LogP contribution in [0, 0.1) is 0 Å². The van der Waals surface area contributed by atoms with Crippen molar-refractivity contribution in [3.8, 4) is 0 Å². The molecular weight excluding hydrogens is 346 g/mol. The predicted octanol–water partition coefficient (Wildman–Crippen LogP) is 3.29. The van der Waals surface area contributed by atoms with E-state index < -0.39 is 6.17 Å². The van der Waals surface area contributed by atoms with Gasteiger partial charge < -0.3 is 10.6 Å². The van der Waals surface area contributed by atoms with Crippen LogP contribution in [0.1, 0.15) is 21.5 Å². The molecule has 5 nitrogen and oxygen atoms in total. The second kappa shape index (κ2) is 6.93. The van der Waals surface area contributed by atoms with Crippen molar-refractivity contribution in [2.45, 2.75) is 6.17 Å². The Labute approximate surface area is 154 Å². The summed E-state index contributed by atoms with van der Waals surface area (Å²) < 4.78 is 0. The van der Waals surface area contributed by atoms with Crippen molar-refractivity contribution in [1.29, 1.82) is 0 Å². The highest BCUT2D eigenvalue weighted by molar-refractivity contribution is 7.08. The Bertz CT molecular complexity index is 981. The normalized spacial score (nSPS) is 16.1. The van der Waals surface area contributed by atoms with Crippen LogP contribution in [0.2, 0.25) is 0 Å². The summed E-state index contributed by atoms with van der Waals surface area (Å²) in [5.41, 5.74) is 3.55. The van der Waals surface area contributed by atoms with Crippen molar-refractivity contribution in [1.82, 2.24) is 5.32 Å². The summed E-state index contributed by atoms with van der Waals surface area (Å²) in [5.74, 6) is -0.694. The average Bonchev–Trinajstić information content (AvgIpc) is 3.17. The van der Waals surface area contributed by atoms with E-state index in [4.69, 9.17) is 0 Å². The fourth-order valence-corrected chi connectivity index (χ4v) is 3.42. The zero-order valence-corrected chi connectivity index (χ0v) is 14.5. The molecule has 0 spiro atoms. The van der Waals surface area contributed by atoms with Gasteiger partial charge in [0.15, 0.2) is 0 Å². The first-order valence-electron chi connectivity index (χ1n) is 8.09. The number of thiophene rings is 1. The number of rotatable bonds is 3. The van der Waals surface area contributed by atoms with Gasteiger partial charge in [0.2, 0.25) is 6.17 Å². The number of anilines is 1. The maximum Gasteiger partial charge on any atom is 0.269 e. The molecule has 2 heterocycles. The molecule has 1 atom stereocenters. The second-order valence-corrected chi connectivity index (χ2v) is 6.55. The lowest BCUT2D eigenvalue weighted by atomic mass is 10.0. The molecule has 1 aliphatic rings. The molecule has 2 aromatic carbocycles. The Balaban J connectivity index is 1.76. The average molecular weight is 361 g/mol. The SMILES string of the molecule is O=C(NC1N=C(c2ccccc2)c2ccccc2NC1=O)c1ccsc1. The maximum absolute atomic E-state index is 12.6. The summed E-state index contributed by atoms with van der Waals surface area (Å²) in [4.78, 5) is 29.6. The number of amides is 2. The molecule has 0 aliphatic carbocycles. The Kier molecular flexibility index (Phi) is 4.33. The number of hydrogen-bond acceptors (Lipinski definition) is 4. The van der Waals surface area contributed by atoms with E-state index in [1.807, 2.05) is 60.0 Å². The maximum atomic E-state index is 12.6. The highest BCUT2D eigenvalue weighted by Gasteiger charge is 2.27. The van der Waals surface area contributed by atoms with Gasteiger partial charge >= 0.3 is 0 Å². The van der Waals surface area contributed by atoms with E-state index in [-0.39, 0.29) is 11.8 Å². The van der Waals surface area contributed by atoms with E-state index in [0.29, 0.717) is 17.0 Å². The topological polar surface area (TPSA) is 70.6 Å². The monoisotopic (exact) mass is 361 g/mol. The summed E-state index contributed by atoms with van der Waals surface area (Å²) in [6, 6.07) is 18.8. The Morgan fingerprint density at radius 1 is 1.04 bits per heavy atom. The fraction of sp³-hybridized carbons (Fsp3) is 0.0500. The number of para-hydroxylation sites is 1. The van der Waals surface area contributed by atoms with Crippen LogP contribution in [-0.4, -0.2) is 23.7 Å². The van der Waals surface area contributed by atoms with Crippen LogP contribution in [0.4, 0.5) is 5.69 Å². The van der Waals surface area contributed by atoms with Crippen LogP contribution in [0.15, 0.2) is 76.4 Å². The highest BCUT2D eigenvalue weighted by Crippen LogP contribution is 2.23. The number of benzene rings is 2. The number of nitrogens with zero attached hydrogens (tertiary/aromatic N) is 1. The minimum Gasteiger partial charge on any atom is -0.322 e. The molecule has 26 heavy (non-hydrogen) atoms. The first kappa shape index (κ1) is 16.2. The van der Waals surface area contributed by atoms with Crippen molar-refractivity contribution in [3.63, 3.8) is 0 Å². The molecule has 0 radical (unpaired) electrons. The molecule has 1 aromatic heterocycles. The van der Waals surface area contributed by atoms with Crippen LogP contribution in [-0.2, 0) is 4.79 Å². The minimum absolute atomic E-state index is 0.325. The molecule has 2 amide bonds. The zero-order chi connectivity index (χ0) is 17.9. The van der Waals surface area contributed by atoms with Gasteiger partial charge in [-0.25, -0.2) is 4.99 Å². The smallest absolute Gasteiger partial charge is 0.269 e. The molecule has 1 aliphatic heterocycles. The lowest BCUT2D eigenvalue weighted by Crippen LogP contribution is -2.42. The van der Waals surface area contributed by atoms with Crippen LogP contribution < -0.4 is 10.6 Å². The lowest BCUT2D eigenvalue weighted by Gasteiger charge is -2.12. The van der Waals surface area contributed by atoms with E-state index in [2.05, 4.69) is 15.6 Å². The molecule has 128 valence electrons. The molecule has 0 bridgehead atoms. The summed E-state index contributed by atoms with van der Waals surface area (Å²) in [6.07, 6.45) is -1.01. The van der Waals surface area contributed by atoms with Gasteiger partial charge in [0.05, 0.1) is 17.0 Å². The van der Waals surface area contributed by atoms with Crippen LogP contribution in [0.3, 0.4) is 0 Å². The van der Waals surface area contributed by atoms with Crippen molar-refractivity contribution in [3.05, 3.63) is 88.1 Å². The molecule has 1 unspecified atom stereocenters. The minimum atomic E-state index is -1.01. The van der Waals surface area contributed by atoms with Crippen molar-refractivity contribution >= 4 is 34.6 Å². The molecular formula is C20H15N3O2S. The number of fused-ring (bicyclic) bond motifs is 1. The Hall–Kier alpha value is -3.25. The van der Waals surface area contributed by atoms with E-state index >= 15 is 0 Å². The molecule has 0 fully saturated rings. The Morgan fingerprint density at radius 2 is 1.81 bits per heavy atom.